The van der Waals surface area contributed by atoms with E-state index in [4.69, 9.17) is 4.98 Å². The number of aromatic nitrogens is 2. The highest BCUT2D eigenvalue weighted by Crippen LogP contribution is 2.25. The van der Waals surface area contributed by atoms with Crippen molar-refractivity contribution >= 4 is 11.8 Å². The SMILES string of the molecule is Cc1cc(N(Cc2ccccc2)C(C)C)nc(NC2CC2)n1. The first kappa shape index (κ1) is 14.8. The number of nitrogens with one attached hydrogen (secondary N) is 1. The fraction of sp³-hybridized carbons (Fsp3) is 0.444. The molecule has 0 spiro atoms. The summed E-state index contributed by atoms with van der Waals surface area (Å²) in [6.45, 7) is 7.30. The lowest BCUT2D eigenvalue weighted by Crippen LogP contribution is -2.31. The van der Waals surface area contributed by atoms with Crippen LogP contribution in [0.2, 0.25) is 0 Å². The van der Waals surface area contributed by atoms with Gasteiger partial charge in [0.05, 0.1) is 0 Å². The average molecular weight is 296 g/mol. The second-order valence-corrected chi connectivity index (χ2v) is 6.32. The minimum Gasteiger partial charge on any atom is -0.351 e. The van der Waals surface area contributed by atoms with E-state index in [1.54, 1.807) is 0 Å². The van der Waals surface area contributed by atoms with Crippen molar-refractivity contribution in [1.82, 2.24) is 9.97 Å². The van der Waals surface area contributed by atoms with E-state index in [1.165, 1.54) is 18.4 Å². The Balaban J connectivity index is 1.85. The van der Waals surface area contributed by atoms with E-state index >= 15 is 0 Å². The van der Waals surface area contributed by atoms with Gasteiger partial charge in [-0.25, -0.2) is 4.98 Å². The van der Waals surface area contributed by atoms with E-state index in [0.717, 1.165) is 24.0 Å². The summed E-state index contributed by atoms with van der Waals surface area (Å²) in [4.78, 5) is 11.6. The van der Waals surface area contributed by atoms with Gasteiger partial charge in [0.1, 0.15) is 5.82 Å². The first-order valence-electron chi connectivity index (χ1n) is 8.04. The molecule has 4 nitrogen and oxygen atoms in total. The molecule has 3 rings (SSSR count). The topological polar surface area (TPSA) is 41.1 Å². The van der Waals surface area contributed by atoms with Crippen LogP contribution in [0, 0.1) is 6.92 Å². The Morgan fingerprint density at radius 1 is 1.18 bits per heavy atom. The van der Waals surface area contributed by atoms with Gasteiger partial charge in [-0.05, 0) is 39.2 Å². The molecule has 1 aromatic heterocycles. The van der Waals surface area contributed by atoms with E-state index in [0.29, 0.717) is 12.1 Å². The van der Waals surface area contributed by atoms with E-state index in [9.17, 15) is 0 Å². The average Bonchev–Trinajstić information content (AvgIpc) is 3.29. The van der Waals surface area contributed by atoms with Crippen LogP contribution in [0.1, 0.15) is 37.9 Å². The normalized spacial score (nSPS) is 14.2. The summed E-state index contributed by atoms with van der Waals surface area (Å²) in [6.07, 6.45) is 2.45. The Bertz CT molecular complexity index is 620. The number of anilines is 2. The molecule has 4 heteroatoms. The van der Waals surface area contributed by atoms with E-state index in [-0.39, 0.29) is 0 Å². The maximum absolute atomic E-state index is 4.74. The first-order chi connectivity index (χ1) is 10.6. The number of hydrogen-bond acceptors (Lipinski definition) is 4. The molecule has 0 aliphatic heterocycles. The minimum absolute atomic E-state index is 0.378. The number of nitrogens with zero attached hydrogens (tertiary/aromatic N) is 3. The van der Waals surface area contributed by atoms with Crippen molar-refractivity contribution in [3.8, 4) is 0 Å². The molecule has 0 saturated heterocycles. The molecule has 116 valence electrons. The highest BCUT2D eigenvalue weighted by molar-refractivity contribution is 5.46. The second kappa shape index (κ2) is 6.34. The highest BCUT2D eigenvalue weighted by atomic mass is 15.2. The van der Waals surface area contributed by atoms with Crippen LogP contribution in [0.25, 0.3) is 0 Å². The third kappa shape index (κ3) is 3.75. The van der Waals surface area contributed by atoms with Crippen molar-refractivity contribution in [3.63, 3.8) is 0 Å². The van der Waals surface area contributed by atoms with Gasteiger partial charge in [0.2, 0.25) is 5.95 Å². The third-order valence-corrected chi connectivity index (χ3v) is 3.86. The van der Waals surface area contributed by atoms with Crippen LogP contribution in [-0.4, -0.2) is 22.1 Å². The zero-order valence-electron chi connectivity index (χ0n) is 13.6. The van der Waals surface area contributed by atoms with Crippen LogP contribution in [0.5, 0.6) is 0 Å². The Morgan fingerprint density at radius 3 is 2.55 bits per heavy atom. The summed E-state index contributed by atoms with van der Waals surface area (Å²) in [7, 11) is 0. The van der Waals surface area contributed by atoms with Crippen LogP contribution in [0.15, 0.2) is 36.4 Å². The van der Waals surface area contributed by atoms with E-state index in [2.05, 4.69) is 65.4 Å². The molecule has 2 aromatic rings. The molecule has 1 aromatic carbocycles. The van der Waals surface area contributed by atoms with Gasteiger partial charge in [-0.15, -0.1) is 0 Å². The molecule has 1 aliphatic rings. The number of rotatable bonds is 6. The molecule has 1 N–H and O–H groups in total. The van der Waals surface area contributed by atoms with Gasteiger partial charge in [0.25, 0.3) is 0 Å². The quantitative estimate of drug-likeness (QED) is 0.881. The zero-order valence-corrected chi connectivity index (χ0v) is 13.6. The predicted molar refractivity (Wildman–Crippen MR) is 91.2 cm³/mol. The Morgan fingerprint density at radius 2 is 1.91 bits per heavy atom. The Labute approximate surface area is 132 Å². The number of benzene rings is 1. The summed E-state index contributed by atoms with van der Waals surface area (Å²) >= 11 is 0. The molecular weight excluding hydrogens is 272 g/mol. The predicted octanol–water partition coefficient (Wildman–Crippen LogP) is 3.77. The molecular formula is C18H24N4. The van der Waals surface area contributed by atoms with Crippen molar-refractivity contribution in [3.05, 3.63) is 47.7 Å². The Kier molecular flexibility index (Phi) is 4.27. The standard InChI is InChI=1S/C18H24N4/c1-13(2)22(12-15-7-5-4-6-8-15)17-11-14(3)19-18(21-17)20-16-9-10-16/h4-8,11,13,16H,9-10,12H2,1-3H3,(H,19,20,21). The molecule has 0 radical (unpaired) electrons. The highest BCUT2D eigenvalue weighted by Gasteiger charge is 2.23. The van der Waals surface area contributed by atoms with Crippen LogP contribution < -0.4 is 10.2 Å². The lowest BCUT2D eigenvalue weighted by atomic mass is 10.2. The minimum atomic E-state index is 0.378. The molecule has 0 amide bonds. The van der Waals surface area contributed by atoms with Gasteiger partial charge in [-0.2, -0.15) is 4.98 Å². The van der Waals surface area contributed by atoms with E-state index < -0.39 is 0 Å². The molecule has 1 aliphatic carbocycles. The van der Waals surface area contributed by atoms with Crippen molar-refractivity contribution in [2.45, 2.75) is 52.2 Å². The molecule has 0 atom stereocenters. The first-order valence-corrected chi connectivity index (χ1v) is 8.04. The maximum atomic E-state index is 4.74. The van der Waals surface area contributed by atoms with Gasteiger partial charge in [0.15, 0.2) is 0 Å². The number of aryl methyl sites for hydroxylation is 1. The van der Waals surface area contributed by atoms with Crippen molar-refractivity contribution < 1.29 is 0 Å². The van der Waals surface area contributed by atoms with Crippen molar-refractivity contribution in [2.75, 3.05) is 10.2 Å². The molecule has 22 heavy (non-hydrogen) atoms. The molecule has 1 fully saturated rings. The fourth-order valence-corrected chi connectivity index (χ4v) is 2.48. The van der Waals surface area contributed by atoms with Crippen LogP contribution in [-0.2, 0) is 6.54 Å². The lowest BCUT2D eigenvalue weighted by Gasteiger charge is -2.28. The van der Waals surface area contributed by atoms with Crippen LogP contribution in [0.3, 0.4) is 0 Å². The van der Waals surface area contributed by atoms with Gasteiger partial charge in [0, 0.05) is 30.4 Å². The third-order valence-electron chi connectivity index (χ3n) is 3.86. The molecule has 0 bridgehead atoms. The van der Waals surface area contributed by atoms with Crippen molar-refractivity contribution in [2.24, 2.45) is 0 Å². The van der Waals surface area contributed by atoms with Gasteiger partial charge in [-0.1, -0.05) is 30.3 Å². The van der Waals surface area contributed by atoms with Gasteiger partial charge >= 0.3 is 0 Å². The van der Waals surface area contributed by atoms with Crippen molar-refractivity contribution in [1.29, 1.82) is 0 Å². The summed E-state index contributed by atoms with van der Waals surface area (Å²) < 4.78 is 0. The summed E-state index contributed by atoms with van der Waals surface area (Å²) in [5, 5.41) is 3.41. The molecule has 1 saturated carbocycles. The Hall–Kier alpha value is -2.10. The van der Waals surface area contributed by atoms with Crippen LogP contribution in [0.4, 0.5) is 11.8 Å². The maximum Gasteiger partial charge on any atom is 0.225 e. The largest absolute Gasteiger partial charge is 0.351 e. The zero-order chi connectivity index (χ0) is 15.5. The monoisotopic (exact) mass is 296 g/mol. The summed E-state index contributed by atoms with van der Waals surface area (Å²) in [5.74, 6) is 1.76. The van der Waals surface area contributed by atoms with Crippen LogP contribution >= 0.6 is 0 Å². The summed E-state index contributed by atoms with van der Waals surface area (Å²) in [5.41, 5.74) is 2.30. The smallest absolute Gasteiger partial charge is 0.225 e. The molecule has 1 heterocycles. The second-order valence-electron chi connectivity index (χ2n) is 6.32. The number of hydrogen-bond donors (Lipinski definition) is 1. The fourth-order valence-electron chi connectivity index (χ4n) is 2.48. The lowest BCUT2D eigenvalue weighted by molar-refractivity contribution is 0.671. The molecule has 0 unspecified atom stereocenters. The van der Waals surface area contributed by atoms with Gasteiger partial charge in [-0.3, -0.25) is 0 Å². The van der Waals surface area contributed by atoms with E-state index in [1.807, 2.05) is 6.92 Å². The van der Waals surface area contributed by atoms with Gasteiger partial charge < -0.3 is 10.2 Å². The summed E-state index contributed by atoms with van der Waals surface area (Å²) in [6, 6.07) is 13.5.